The second-order valence-corrected chi connectivity index (χ2v) is 4.89. The molecule has 1 heterocycles. The predicted octanol–water partition coefficient (Wildman–Crippen LogP) is 0.635. The van der Waals surface area contributed by atoms with Gasteiger partial charge in [0.1, 0.15) is 0 Å². The van der Waals surface area contributed by atoms with Crippen LogP contribution in [0.2, 0.25) is 0 Å². The average molecular weight is 278 g/mol. The molecule has 6 nitrogen and oxygen atoms in total. The van der Waals surface area contributed by atoms with Crippen LogP contribution in [0.1, 0.15) is 22.3 Å². The fourth-order valence-corrected chi connectivity index (χ4v) is 2.23. The quantitative estimate of drug-likeness (QED) is 0.559. The van der Waals surface area contributed by atoms with E-state index >= 15 is 0 Å². The van der Waals surface area contributed by atoms with Gasteiger partial charge in [0.15, 0.2) is 0 Å². The van der Waals surface area contributed by atoms with Gasteiger partial charge in [-0.3, -0.25) is 14.8 Å². The number of benzene rings is 1. The molecule has 0 aromatic heterocycles. The number of carbonyl (C=O) groups excluding carboxylic acids is 2. The van der Waals surface area contributed by atoms with E-state index in [2.05, 4.69) is 5.32 Å². The Balaban J connectivity index is 2.04. The second-order valence-electron chi connectivity index (χ2n) is 4.89. The number of hydrogen-bond donors (Lipinski definition) is 3. The summed E-state index contributed by atoms with van der Waals surface area (Å²) in [6, 6.07) is 6.73. The van der Waals surface area contributed by atoms with Crippen molar-refractivity contribution in [3.05, 3.63) is 35.4 Å². The Kier molecular flexibility index (Phi) is 4.70. The van der Waals surface area contributed by atoms with Gasteiger partial charge in [0.2, 0.25) is 5.91 Å². The SMILES string of the molecule is Cc1ccc(C(=O)N[C@@H]2COCC[C@@H]2C(=O)NO)cc1. The summed E-state index contributed by atoms with van der Waals surface area (Å²) in [5.74, 6) is -1.23. The van der Waals surface area contributed by atoms with E-state index in [0.717, 1.165) is 5.56 Å². The Bertz CT molecular complexity index is 486. The van der Waals surface area contributed by atoms with Crippen molar-refractivity contribution in [2.75, 3.05) is 13.2 Å². The highest BCUT2D eigenvalue weighted by atomic mass is 16.5. The summed E-state index contributed by atoms with van der Waals surface area (Å²) in [5.41, 5.74) is 3.24. The highest BCUT2D eigenvalue weighted by molar-refractivity contribution is 5.94. The molecule has 1 aromatic carbocycles. The fraction of sp³-hybridized carbons (Fsp3) is 0.429. The number of rotatable bonds is 3. The molecule has 0 radical (unpaired) electrons. The molecule has 6 heteroatoms. The van der Waals surface area contributed by atoms with Crippen LogP contribution in [0, 0.1) is 12.8 Å². The lowest BCUT2D eigenvalue weighted by Crippen LogP contribution is -2.51. The molecule has 108 valence electrons. The molecule has 1 saturated heterocycles. The molecular formula is C14H18N2O4. The van der Waals surface area contributed by atoms with Gasteiger partial charge < -0.3 is 10.1 Å². The monoisotopic (exact) mass is 278 g/mol. The van der Waals surface area contributed by atoms with Gasteiger partial charge in [-0.15, -0.1) is 0 Å². The Labute approximate surface area is 117 Å². The van der Waals surface area contributed by atoms with Crippen molar-refractivity contribution in [2.24, 2.45) is 5.92 Å². The summed E-state index contributed by atoms with van der Waals surface area (Å²) < 4.78 is 5.29. The number of hydroxylamine groups is 1. The van der Waals surface area contributed by atoms with E-state index in [1.165, 1.54) is 0 Å². The minimum atomic E-state index is -0.498. The van der Waals surface area contributed by atoms with Crippen molar-refractivity contribution in [1.82, 2.24) is 10.8 Å². The van der Waals surface area contributed by atoms with Gasteiger partial charge in [0, 0.05) is 12.2 Å². The highest BCUT2D eigenvalue weighted by Crippen LogP contribution is 2.16. The fourth-order valence-electron chi connectivity index (χ4n) is 2.23. The summed E-state index contributed by atoms with van der Waals surface area (Å²) in [5, 5.41) is 11.5. The Hall–Kier alpha value is -1.92. The van der Waals surface area contributed by atoms with Crippen LogP contribution in [0.5, 0.6) is 0 Å². The van der Waals surface area contributed by atoms with Crippen molar-refractivity contribution in [2.45, 2.75) is 19.4 Å². The first-order chi connectivity index (χ1) is 9.61. The maximum absolute atomic E-state index is 12.1. The van der Waals surface area contributed by atoms with Gasteiger partial charge in [-0.2, -0.15) is 0 Å². The van der Waals surface area contributed by atoms with Crippen LogP contribution in [0.25, 0.3) is 0 Å². The third-order valence-corrected chi connectivity index (χ3v) is 3.43. The van der Waals surface area contributed by atoms with E-state index in [0.29, 0.717) is 18.6 Å². The molecule has 1 aliphatic heterocycles. The number of amides is 2. The van der Waals surface area contributed by atoms with E-state index in [4.69, 9.17) is 9.94 Å². The number of carbonyl (C=O) groups is 2. The molecule has 1 aliphatic rings. The standard InChI is InChI=1S/C14H18N2O4/c1-9-2-4-10(5-3-9)13(17)15-12-8-20-7-6-11(12)14(18)16-19/h2-5,11-12,19H,6-8H2,1H3,(H,15,17)(H,16,18)/t11-,12+/m0/s1. The normalized spacial score (nSPS) is 22.1. The molecule has 3 N–H and O–H groups in total. The lowest BCUT2D eigenvalue weighted by Gasteiger charge is -2.30. The maximum Gasteiger partial charge on any atom is 0.251 e. The van der Waals surface area contributed by atoms with Gasteiger partial charge in [-0.25, -0.2) is 5.48 Å². The lowest BCUT2D eigenvalue weighted by molar-refractivity contribution is -0.137. The van der Waals surface area contributed by atoms with Crippen molar-refractivity contribution in [3.8, 4) is 0 Å². The van der Waals surface area contributed by atoms with Gasteiger partial charge in [0.05, 0.1) is 18.6 Å². The van der Waals surface area contributed by atoms with E-state index in [1.54, 1.807) is 17.6 Å². The topological polar surface area (TPSA) is 87.7 Å². The maximum atomic E-state index is 12.1. The van der Waals surface area contributed by atoms with Crippen molar-refractivity contribution in [3.63, 3.8) is 0 Å². The van der Waals surface area contributed by atoms with Crippen molar-refractivity contribution in [1.29, 1.82) is 0 Å². The Morgan fingerprint density at radius 3 is 2.65 bits per heavy atom. The van der Waals surface area contributed by atoms with Crippen LogP contribution in [0.3, 0.4) is 0 Å². The van der Waals surface area contributed by atoms with Gasteiger partial charge in [-0.1, -0.05) is 17.7 Å². The minimum absolute atomic E-state index is 0.253. The zero-order chi connectivity index (χ0) is 14.5. The summed E-state index contributed by atoms with van der Waals surface area (Å²) in [6.07, 6.45) is 0.464. The van der Waals surface area contributed by atoms with Crippen LogP contribution in [-0.2, 0) is 9.53 Å². The molecule has 0 unspecified atom stereocenters. The second kappa shape index (κ2) is 6.49. The lowest BCUT2D eigenvalue weighted by atomic mass is 9.94. The first-order valence-corrected chi connectivity index (χ1v) is 6.51. The minimum Gasteiger partial charge on any atom is -0.379 e. The highest BCUT2D eigenvalue weighted by Gasteiger charge is 2.32. The molecular weight excluding hydrogens is 260 g/mol. The molecule has 2 atom stereocenters. The summed E-state index contributed by atoms with van der Waals surface area (Å²) in [6.45, 7) is 2.64. The van der Waals surface area contributed by atoms with Crippen LogP contribution in [0.15, 0.2) is 24.3 Å². The summed E-state index contributed by atoms with van der Waals surface area (Å²) in [4.78, 5) is 23.7. The first kappa shape index (κ1) is 14.5. The average Bonchev–Trinajstić information content (AvgIpc) is 2.47. The van der Waals surface area contributed by atoms with Crippen molar-refractivity contribution >= 4 is 11.8 Å². The Morgan fingerprint density at radius 2 is 2.00 bits per heavy atom. The number of hydrogen-bond acceptors (Lipinski definition) is 4. The Morgan fingerprint density at radius 1 is 1.30 bits per heavy atom. The van der Waals surface area contributed by atoms with Crippen LogP contribution >= 0.6 is 0 Å². The zero-order valence-corrected chi connectivity index (χ0v) is 11.3. The van der Waals surface area contributed by atoms with E-state index in [9.17, 15) is 9.59 Å². The summed E-state index contributed by atoms with van der Waals surface area (Å²) in [7, 11) is 0. The zero-order valence-electron chi connectivity index (χ0n) is 11.3. The van der Waals surface area contributed by atoms with E-state index < -0.39 is 17.9 Å². The summed E-state index contributed by atoms with van der Waals surface area (Å²) >= 11 is 0. The molecule has 1 fully saturated rings. The number of ether oxygens (including phenoxy) is 1. The van der Waals surface area contributed by atoms with E-state index in [-0.39, 0.29) is 12.5 Å². The molecule has 2 amide bonds. The molecule has 1 aromatic rings. The molecule has 0 aliphatic carbocycles. The number of aryl methyl sites for hydroxylation is 1. The third-order valence-electron chi connectivity index (χ3n) is 3.43. The third kappa shape index (κ3) is 3.34. The number of nitrogens with one attached hydrogen (secondary N) is 2. The van der Waals surface area contributed by atoms with Crippen LogP contribution in [0.4, 0.5) is 0 Å². The van der Waals surface area contributed by atoms with Crippen LogP contribution in [-0.4, -0.2) is 36.3 Å². The van der Waals surface area contributed by atoms with Gasteiger partial charge in [-0.05, 0) is 25.5 Å². The molecule has 0 bridgehead atoms. The van der Waals surface area contributed by atoms with Crippen LogP contribution < -0.4 is 10.8 Å². The molecule has 0 spiro atoms. The largest absolute Gasteiger partial charge is 0.379 e. The predicted molar refractivity (Wildman–Crippen MR) is 71.3 cm³/mol. The van der Waals surface area contributed by atoms with E-state index in [1.807, 2.05) is 19.1 Å². The van der Waals surface area contributed by atoms with Crippen molar-refractivity contribution < 1.29 is 19.5 Å². The smallest absolute Gasteiger partial charge is 0.251 e. The molecule has 0 saturated carbocycles. The van der Waals surface area contributed by atoms with Gasteiger partial charge >= 0.3 is 0 Å². The molecule has 2 rings (SSSR count). The van der Waals surface area contributed by atoms with Gasteiger partial charge in [0.25, 0.3) is 5.91 Å². The molecule has 20 heavy (non-hydrogen) atoms. The first-order valence-electron chi connectivity index (χ1n) is 6.51.